The van der Waals surface area contributed by atoms with Gasteiger partial charge >= 0.3 is 0 Å². The standard InChI is InChI=1S/C31H30N4O3/c1-19-10-15-26(33-31(32)35-30(37)25-16-20(2)21(3)28(17-25)38-4)18-27(19)34-29(36)24-13-11-23(12-14-24)22-8-6-5-7-9-22/h5-18H,1-4H3,(H,34,36)(H3,32,33,35,37). The number of aryl methyl sites for hydroxylation is 2. The van der Waals surface area contributed by atoms with Crippen molar-refractivity contribution in [3.8, 4) is 16.9 Å². The van der Waals surface area contributed by atoms with Crippen molar-refractivity contribution in [2.75, 3.05) is 17.7 Å². The molecule has 4 N–H and O–H groups in total. The number of hydrogen-bond acceptors (Lipinski definition) is 4. The van der Waals surface area contributed by atoms with Crippen molar-refractivity contribution in [3.63, 3.8) is 0 Å². The lowest BCUT2D eigenvalue weighted by molar-refractivity contribution is 0.0975. The van der Waals surface area contributed by atoms with Crippen molar-refractivity contribution >= 4 is 29.1 Å². The van der Waals surface area contributed by atoms with E-state index in [1.807, 2.05) is 69.3 Å². The molecule has 7 heteroatoms. The van der Waals surface area contributed by atoms with Gasteiger partial charge < -0.3 is 15.4 Å². The van der Waals surface area contributed by atoms with E-state index in [0.717, 1.165) is 27.8 Å². The van der Waals surface area contributed by atoms with Crippen LogP contribution in [0.1, 0.15) is 37.4 Å². The van der Waals surface area contributed by atoms with Crippen molar-refractivity contribution < 1.29 is 14.3 Å². The topological polar surface area (TPSA) is 103 Å². The Morgan fingerprint density at radius 3 is 2.08 bits per heavy atom. The van der Waals surface area contributed by atoms with E-state index < -0.39 is 5.91 Å². The average molecular weight is 507 g/mol. The third-order valence-electron chi connectivity index (χ3n) is 6.35. The highest BCUT2D eigenvalue weighted by Crippen LogP contribution is 2.24. The van der Waals surface area contributed by atoms with Gasteiger partial charge in [-0.2, -0.15) is 0 Å². The van der Waals surface area contributed by atoms with E-state index in [-0.39, 0.29) is 11.9 Å². The molecule has 4 rings (SSSR count). The number of nitrogens with one attached hydrogen (secondary N) is 4. The second-order valence-corrected chi connectivity index (χ2v) is 9.00. The highest BCUT2D eigenvalue weighted by atomic mass is 16.5. The van der Waals surface area contributed by atoms with Crippen molar-refractivity contribution in [1.29, 1.82) is 5.41 Å². The normalized spacial score (nSPS) is 10.4. The second kappa shape index (κ2) is 11.4. The number of ether oxygens (including phenoxy) is 1. The summed E-state index contributed by atoms with van der Waals surface area (Å²) in [6, 6.07) is 26.1. The minimum absolute atomic E-state index is 0.190. The third kappa shape index (κ3) is 6.07. The first-order valence-electron chi connectivity index (χ1n) is 12.1. The molecule has 0 fully saturated rings. The van der Waals surface area contributed by atoms with Gasteiger partial charge in [0.25, 0.3) is 11.8 Å². The van der Waals surface area contributed by atoms with Crippen molar-refractivity contribution in [2.24, 2.45) is 0 Å². The molecule has 0 unspecified atom stereocenters. The second-order valence-electron chi connectivity index (χ2n) is 9.00. The van der Waals surface area contributed by atoms with Gasteiger partial charge in [0.15, 0.2) is 5.96 Å². The summed E-state index contributed by atoms with van der Waals surface area (Å²) in [5.74, 6) is -0.242. The average Bonchev–Trinajstić information content (AvgIpc) is 2.92. The molecular weight excluding hydrogens is 476 g/mol. The molecule has 7 nitrogen and oxygen atoms in total. The summed E-state index contributed by atoms with van der Waals surface area (Å²) >= 11 is 0. The summed E-state index contributed by atoms with van der Waals surface area (Å²) in [6.07, 6.45) is 0. The van der Waals surface area contributed by atoms with Gasteiger partial charge in [0, 0.05) is 22.5 Å². The number of hydrogen-bond donors (Lipinski definition) is 4. The van der Waals surface area contributed by atoms with Gasteiger partial charge in [-0.05, 0) is 85.0 Å². The molecule has 0 bridgehead atoms. The number of guanidine groups is 1. The van der Waals surface area contributed by atoms with Crippen LogP contribution in [0.5, 0.6) is 5.75 Å². The van der Waals surface area contributed by atoms with Gasteiger partial charge in [0.2, 0.25) is 0 Å². The molecular formula is C31H30N4O3. The first-order valence-corrected chi connectivity index (χ1v) is 12.1. The smallest absolute Gasteiger partial charge is 0.258 e. The maximum absolute atomic E-state index is 12.9. The minimum Gasteiger partial charge on any atom is -0.496 e. The Bertz CT molecular complexity index is 1500. The third-order valence-corrected chi connectivity index (χ3v) is 6.35. The molecule has 2 amide bonds. The predicted molar refractivity (Wildman–Crippen MR) is 152 cm³/mol. The quantitative estimate of drug-likeness (QED) is 0.182. The van der Waals surface area contributed by atoms with Gasteiger partial charge in [-0.15, -0.1) is 0 Å². The zero-order valence-electron chi connectivity index (χ0n) is 21.8. The number of anilines is 2. The van der Waals surface area contributed by atoms with Crippen LogP contribution in [0, 0.1) is 26.2 Å². The molecule has 0 spiro atoms. The van der Waals surface area contributed by atoms with Crippen LogP contribution in [0.4, 0.5) is 11.4 Å². The number of carbonyl (C=O) groups excluding carboxylic acids is 2. The van der Waals surface area contributed by atoms with Crippen LogP contribution in [-0.4, -0.2) is 24.9 Å². The number of benzene rings is 4. The molecule has 4 aromatic rings. The summed E-state index contributed by atoms with van der Waals surface area (Å²) in [5, 5.41) is 16.6. The fourth-order valence-electron chi connectivity index (χ4n) is 4.00. The number of amides is 2. The van der Waals surface area contributed by atoms with Gasteiger partial charge in [-0.25, -0.2) is 0 Å². The number of carbonyl (C=O) groups is 2. The zero-order valence-corrected chi connectivity index (χ0v) is 21.8. The monoisotopic (exact) mass is 506 g/mol. The molecule has 192 valence electrons. The lowest BCUT2D eigenvalue weighted by Crippen LogP contribution is -2.35. The lowest BCUT2D eigenvalue weighted by Gasteiger charge is -2.14. The predicted octanol–water partition coefficient (Wildman–Crippen LogP) is 6.32. The molecule has 0 radical (unpaired) electrons. The van der Waals surface area contributed by atoms with E-state index in [1.165, 1.54) is 0 Å². The fraction of sp³-hybridized carbons (Fsp3) is 0.129. The van der Waals surface area contributed by atoms with Gasteiger partial charge in [0.05, 0.1) is 7.11 Å². The van der Waals surface area contributed by atoms with Crippen molar-refractivity contribution in [3.05, 3.63) is 113 Å². The number of rotatable bonds is 6. The van der Waals surface area contributed by atoms with E-state index >= 15 is 0 Å². The lowest BCUT2D eigenvalue weighted by atomic mass is 10.0. The molecule has 0 heterocycles. The SMILES string of the molecule is COc1cc(C(=O)NC(=N)Nc2ccc(C)c(NC(=O)c3ccc(-c4ccccc4)cc3)c2)cc(C)c1C. The summed E-state index contributed by atoms with van der Waals surface area (Å²) < 4.78 is 5.35. The van der Waals surface area contributed by atoms with E-state index in [9.17, 15) is 9.59 Å². The molecule has 0 aromatic heterocycles. The molecule has 38 heavy (non-hydrogen) atoms. The van der Waals surface area contributed by atoms with Crippen LogP contribution in [-0.2, 0) is 0 Å². The Morgan fingerprint density at radius 1 is 0.711 bits per heavy atom. The van der Waals surface area contributed by atoms with Crippen molar-refractivity contribution in [2.45, 2.75) is 20.8 Å². The summed E-state index contributed by atoms with van der Waals surface area (Å²) in [7, 11) is 1.56. The maximum Gasteiger partial charge on any atom is 0.258 e. The highest BCUT2D eigenvalue weighted by molar-refractivity contribution is 6.09. The Kier molecular flexibility index (Phi) is 7.87. The van der Waals surface area contributed by atoms with Crippen LogP contribution < -0.4 is 20.7 Å². The zero-order chi connectivity index (χ0) is 27.2. The largest absolute Gasteiger partial charge is 0.496 e. The van der Waals surface area contributed by atoms with Crippen LogP contribution >= 0.6 is 0 Å². The van der Waals surface area contributed by atoms with Crippen LogP contribution in [0.2, 0.25) is 0 Å². The molecule has 0 aliphatic heterocycles. The van der Waals surface area contributed by atoms with E-state index in [2.05, 4.69) is 16.0 Å². The van der Waals surface area contributed by atoms with Crippen LogP contribution in [0.15, 0.2) is 84.9 Å². The molecule has 0 aliphatic carbocycles. The molecule has 0 saturated carbocycles. The van der Waals surface area contributed by atoms with Crippen LogP contribution in [0.25, 0.3) is 11.1 Å². The Balaban J connectivity index is 1.41. The Morgan fingerprint density at radius 2 is 1.39 bits per heavy atom. The Hall–Kier alpha value is -4.91. The van der Waals surface area contributed by atoms with Gasteiger partial charge in [-0.3, -0.25) is 20.3 Å². The summed E-state index contributed by atoms with van der Waals surface area (Å²) in [4.78, 5) is 25.6. The molecule has 0 atom stereocenters. The Labute approximate surface area is 222 Å². The minimum atomic E-state index is -0.427. The first-order chi connectivity index (χ1) is 18.2. The molecule has 0 saturated heterocycles. The van der Waals surface area contributed by atoms with Crippen molar-refractivity contribution in [1.82, 2.24) is 5.32 Å². The summed E-state index contributed by atoms with van der Waals surface area (Å²) in [5.41, 5.74) is 6.93. The van der Waals surface area contributed by atoms with Crippen LogP contribution in [0.3, 0.4) is 0 Å². The van der Waals surface area contributed by atoms with E-state index in [1.54, 1.807) is 43.5 Å². The first kappa shape index (κ1) is 26.2. The molecule has 4 aromatic carbocycles. The fourth-order valence-corrected chi connectivity index (χ4v) is 4.00. The summed E-state index contributed by atoms with van der Waals surface area (Å²) in [6.45, 7) is 5.71. The van der Waals surface area contributed by atoms with E-state index in [0.29, 0.717) is 28.3 Å². The van der Waals surface area contributed by atoms with Gasteiger partial charge in [0.1, 0.15) is 5.75 Å². The number of methoxy groups -OCH3 is 1. The maximum atomic E-state index is 12.9. The molecule has 0 aliphatic rings. The van der Waals surface area contributed by atoms with Gasteiger partial charge in [-0.1, -0.05) is 48.5 Å². The van der Waals surface area contributed by atoms with E-state index in [4.69, 9.17) is 10.1 Å². The highest BCUT2D eigenvalue weighted by Gasteiger charge is 2.14.